The lowest BCUT2D eigenvalue weighted by atomic mass is 9.93. The van der Waals surface area contributed by atoms with Crippen molar-refractivity contribution < 1.29 is 18.6 Å². The maximum Gasteiger partial charge on any atom is 0.263 e. The smallest absolute Gasteiger partial charge is 0.263 e. The first-order valence-corrected chi connectivity index (χ1v) is 13.4. The van der Waals surface area contributed by atoms with Gasteiger partial charge in [-0.3, -0.25) is 9.36 Å². The number of nitrogens with zero attached hydrogens (tertiary/aromatic N) is 3. The number of pyridine rings is 1. The Kier molecular flexibility index (Phi) is 7.13. The Balaban J connectivity index is 1.52. The van der Waals surface area contributed by atoms with Gasteiger partial charge in [-0.25, -0.2) is 18.7 Å². The van der Waals surface area contributed by atoms with Crippen LogP contribution >= 0.6 is 10.7 Å². The predicted molar refractivity (Wildman–Crippen MR) is 147 cm³/mol. The van der Waals surface area contributed by atoms with Crippen molar-refractivity contribution in [1.29, 1.82) is 0 Å². The summed E-state index contributed by atoms with van der Waals surface area (Å²) in [6.07, 6.45) is 3.77. The number of aliphatic hydroxyl groups excluding tert-OH is 1. The highest BCUT2D eigenvalue weighted by Crippen LogP contribution is 2.36. The van der Waals surface area contributed by atoms with Gasteiger partial charge in [0.15, 0.2) is 0 Å². The van der Waals surface area contributed by atoms with Gasteiger partial charge in [-0.1, -0.05) is 22.6 Å². The van der Waals surface area contributed by atoms with Gasteiger partial charge in [0.25, 0.3) is 5.56 Å². The molecule has 38 heavy (non-hydrogen) atoms. The van der Waals surface area contributed by atoms with Gasteiger partial charge in [0.1, 0.15) is 17.3 Å². The summed E-state index contributed by atoms with van der Waals surface area (Å²) in [4.78, 5) is 22.5. The molecule has 1 unspecified atom stereocenters. The van der Waals surface area contributed by atoms with Crippen LogP contribution in [0.3, 0.4) is 0 Å². The highest BCUT2D eigenvalue weighted by molar-refractivity contribution is 8.15. The van der Waals surface area contributed by atoms with Crippen molar-refractivity contribution in [2.75, 3.05) is 17.6 Å². The third-order valence-electron chi connectivity index (χ3n) is 6.73. The molecule has 1 fully saturated rings. The fourth-order valence-electron chi connectivity index (χ4n) is 4.77. The molecule has 5 rings (SSSR count). The lowest BCUT2D eigenvalue weighted by Gasteiger charge is -2.28. The van der Waals surface area contributed by atoms with Crippen LogP contribution in [0.1, 0.15) is 31.7 Å². The van der Waals surface area contributed by atoms with Crippen LogP contribution in [0, 0.1) is 11.6 Å². The predicted octanol–water partition coefficient (Wildman–Crippen LogP) is 4.89. The number of halogens is 2. The molecule has 2 aromatic carbocycles. The molecule has 2 aromatic heterocycles. The van der Waals surface area contributed by atoms with Crippen LogP contribution in [0.5, 0.6) is 5.88 Å². The number of nitrogens with two attached hydrogens (primary N) is 1. The summed E-state index contributed by atoms with van der Waals surface area (Å²) in [6, 6.07) is 10.3. The number of rotatable bonds is 6. The number of aromatic nitrogens is 3. The van der Waals surface area contributed by atoms with E-state index in [2.05, 4.69) is 20.6 Å². The van der Waals surface area contributed by atoms with Gasteiger partial charge in [0, 0.05) is 23.9 Å². The quantitative estimate of drug-likeness (QED) is 0.299. The van der Waals surface area contributed by atoms with Crippen LogP contribution in [-0.4, -0.2) is 38.7 Å². The third-order valence-corrected chi connectivity index (χ3v) is 8.06. The first-order chi connectivity index (χ1) is 18.2. The monoisotopic (exact) mass is 539 g/mol. The number of ether oxygens (including phenoxy) is 1. The Morgan fingerprint density at radius 3 is 2.61 bits per heavy atom. The van der Waals surface area contributed by atoms with E-state index in [0.29, 0.717) is 53.4 Å². The molecule has 0 spiro atoms. The van der Waals surface area contributed by atoms with E-state index in [1.807, 2.05) is 6.07 Å². The molecule has 0 radical (unpaired) electrons. The second-order valence-electron chi connectivity index (χ2n) is 9.19. The molecule has 4 N–H and O–H groups in total. The minimum atomic E-state index is -1.07. The first kappa shape index (κ1) is 25.8. The molecule has 2 heterocycles. The molecule has 198 valence electrons. The third kappa shape index (κ3) is 4.99. The van der Waals surface area contributed by atoms with E-state index in [4.69, 9.17) is 10.5 Å². The summed E-state index contributed by atoms with van der Waals surface area (Å²) in [6.45, 7) is 0. The highest BCUT2D eigenvalue weighted by Gasteiger charge is 2.24. The number of benzene rings is 2. The lowest BCUT2D eigenvalue weighted by Crippen LogP contribution is -2.31. The molecular weight excluding hydrogens is 512 g/mol. The van der Waals surface area contributed by atoms with Crippen molar-refractivity contribution in [3.63, 3.8) is 0 Å². The van der Waals surface area contributed by atoms with E-state index in [0.717, 1.165) is 6.07 Å². The van der Waals surface area contributed by atoms with Gasteiger partial charge in [0.05, 0.1) is 29.0 Å². The van der Waals surface area contributed by atoms with E-state index in [1.54, 1.807) is 24.4 Å². The van der Waals surface area contributed by atoms with Gasteiger partial charge in [-0.15, -0.1) is 0 Å². The van der Waals surface area contributed by atoms with Crippen molar-refractivity contribution in [2.24, 2.45) is 0 Å². The zero-order chi connectivity index (χ0) is 27.0. The largest absolute Gasteiger partial charge is 0.480 e. The summed E-state index contributed by atoms with van der Waals surface area (Å²) >= 11 is 0. The molecular formula is C27H27F2N5O3S. The Hall–Kier alpha value is -3.83. The van der Waals surface area contributed by atoms with E-state index < -0.39 is 22.3 Å². The van der Waals surface area contributed by atoms with Crippen molar-refractivity contribution in [1.82, 2.24) is 14.5 Å². The van der Waals surface area contributed by atoms with E-state index in [-0.39, 0.29) is 34.4 Å². The lowest BCUT2D eigenvalue weighted by molar-refractivity contribution is 0.110. The topological polar surface area (TPSA) is 115 Å². The number of fused-ring (bicyclic) bond motifs is 1. The SMILES string of the molecule is C=S(Nc1cc(-c2ccc3nc(N)n(C4CCC(O)CC4)c(=O)c3c2)cnc1OC)c1ccc(F)cc1F. The van der Waals surface area contributed by atoms with Gasteiger partial charge in [0.2, 0.25) is 11.8 Å². The second-order valence-corrected chi connectivity index (χ2v) is 10.6. The van der Waals surface area contributed by atoms with Crippen LogP contribution in [0.15, 0.2) is 58.4 Å². The van der Waals surface area contributed by atoms with Crippen molar-refractivity contribution >= 4 is 39.1 Å². The first-order valence-electron chi connectivity index (χ1n) is 12.0. The van der Waals surface area contributed by atoms with Crippen LogP contribution in [0.25, 0.3) is 22.0 Å². The van der Waals surface area contributed by atoms with Gasteiger partial charge in [-0.2, -0.15) is 0 Å². The summed E-state index contributed by atoms with van der Waals surface area (Å²) < 4.78 is 37.7. The average Bonchev–Trinajstić information content (AvgIpc) is 2.89. The zero-order valence-electron chi connectivity index (χ0n) is 20.7. The standard InChI is InChI=1S/C27H27F2N5O3S/c1-37-25-23(33-38(2)24-10-4-17(28)13-21(24)29)12-16(14-31-25)15-3-9-22-20(11-15)26(36)34(27(30)32-22)18-5-7-19(35)8-6-18/h3-4,9-14,18-19,33,35H,2,5-8H2,1H3,(H2,30,32). The Morgan fingerprint density at radius 2 is 1.89 bits per heavy atom. The molecule has 1 aliphatic rings. The average molecular weight is 540 g/mol. The summed E-state index contributed by atoms with van der Waals surface area (Å²) in [5.74, 6) is 3.04. The molecule has 11 heteroatoms. The van der Waals surface area contributed by atoms with Crippen molar-refractivity contribution in [3.8, 4) is 17.0 Å². The number of hydrogen-bond acceptors (Lipinski definition) is 7. The van der Waals surface area contributed by atoms with Crippen molar-refractivity contribution in [3.05, 3.63) is 70.6 Å². The number of anilines is 2. The second kappa shape index (κ2) is 10.5. The molecule has 0 bridgehead atoms. The van der Waals surface area contributed by atoms with Crippen LogP contribution in [-0.2, 0) is 0 Å². The van der Waals surface area contributed by atoms with Gasteiger partial charge < -0.3 is 20.3 Å². The summed E-state index contributed by atoms with van der Waals surface area (Å²) in [5, 5.41) is 10.3. The number of aliphatic hydroxyl groups is 1. The zero-order valence-corrected chi connectivity index (χ0v) is 21.5. The molecule has 0 aliphatic heterocycles. The highest BCUT2D eigenvalue weighted by atomic mass is 32.2. The van der Waals surface area contributed by atoms with Crippen LogP contribution < -0.4 is 20.8 Å². The van der Waals surface area contributed by atoms with E-state index >= 15 is 0 Å². The molecule has 1 saturated carbocycles. The van der Waals surface area contributed by atoms with Gasteiger partial charge >= 0.3 is 0 Å². The normalized spacial score (nSPS) is 18.3. The Bertz CT molecular complexity index is 1600. The van der Waals surface area contributed by atoms with Crippen molar-refractivity contribution in [2.45, 2.75) is 42.7 Å². The number of methoxy groups -OCH3 is 1. The Labute approximate surface area is 220 Å². The fourth-order valence-corrected chi connectivity index (χ4v) is 5.82. The number of nitrogen functional groups attached to an aromatic ring is 1. The fraction of sp³-hybridized carbons (Fsp3) is 0.259. The van der Waals surface area contributed by atoms with E-state index in [1.165, 1.54) is 23.8 Å². The minimum absolute atomic E-state index is 0.119. The number of nitrogens with one attached hydrogen (secondary N) is 1. The molecule has 4 aromatic rings. The van der Waals surface area contributed by atoms with Crippen LogP contribution in [0.4, 0.5) is 20.4 Å². The molecule has 1 atom stereocenters. The molecule has 0 amide bonds. The Morgan fingerprint density at radius 1 is 1.13 bits per heavy atom. The van der Waals surface area contributed by atoms with Crippen LogP contribution in [0.2, 0.25) is 0 Å². The minimum Gasteiger partial charge on any atom is -0.480 e. The number of hydrogen-bond donors (Lipinski definition) is 3. The molecule has 0 saturated heterocycles. The maximum absolute atomic E-state index is 14.3. The summed E-state index contributed by atoms with van der Waals surface area (Å²) in [7, 11) is 0.389. The summed E-state index contributed by atoms with van der Waals surface area (Å²) in [5.41, 5.74) is 8.26. The van der Waals surface area contributed by atoms with Gasteiger partial charge in [-0.05, 0) is 61.6 Å². The maximum atomic E-state index is 14.3. The van der Waals surface area contributed by atoms with E-state index in [9.17, 15) is 18.7 Å². The molecule has 1 aliphatic carbocycles. The molecule has 8 nitrogen and oxygen atoms in total.